The molecule has 4 aromatic rings. The Labute approximate surface area is 244 Å². The van der Waals surface area contributed by atoms with Crippen LogP contribution in [0.2, 0.25) is 0 Å². The number of ether oxygens (including phenoxy) is 4. The van der Waals surface area contributed by atoms with Crippen molar-refractivity contribution in [3.8, 4) is 23.0 Å². The number of nitrogens with zero attached hydrogens (tertiary/aromatic N) is 1. The van der Waals surface area contributed by atoms with E-state index >= 15 is 0 Å². The molecule has 6 rings (SSSR count). The van der Waals surface area contributed by atoms with Gasteiger partial charge in [-0.05, 0) is 85.5 Å². The molecule has 0 saturated carbocycles. The summed E-state index contributed by atoms with van der Waals surface area (Å²) in [4.78, 5) is 30.2. The van der Waals surface area contributed by atoms with Crippen LogP contribution in [-0.2, 0) is 11.3 Å². The monoisotopic (exact) mass is 564 g/mol. The van der Waals surface area contributed by atoms with Gasteiger partial charge in [-0.25, -0.2) is 0 Å². The molecule has 8 heteroatoms. The zero-order valence-corrected chi connectivity index (χ0v) is 23.8. The van der Waals surface area contributed by atoms with Crippen LogP contribution in [0.1, 0.15) is 44.2 Å². The van der Waals surface area contributed by atoms with Crippen molar-refractivity contribution in [2.24, 2.45) is 0 Å². The maximum absolute atomic E-state index is 14.5. The lowest BCUT2D eigenvalue weighted by Gasteiger charge is -2.32. The Bertz CT molecular complexity index is 1630. The molecule has 4 aromatic carbocycles. The Morgan fingerprint density at radius 1 is 0.714 bits per heavy atom. The van der Waals surface area contributed by atoms with Gasteiger partial charge in [0.25, 0.3) is 5.91 Å². The summed E-state index contributed by atoms with van der Waals surface area (Å²) >= 11 is 0. The fraction of sp³-hybridized carbons (Fsp3) is 0.235. The second kappa shape index (κ2) is 11.5. The highest BCUT2D eigenvalue weighted by Crippen LogP contribution is 2.36. The largest absolute Gasteiger partial charge is 0.486 e. The van der Waals surface area contributed by atoms with E-state index in [1.807, 2.05) is 81.4 Å². The third kappa shape index (κ3) is 5.61. The van der Waals surface area contributed by atoms with Crippen molar-refractivity contribution in [2.75, 3.05) is 24.9 Å². The van der Waals surface area contributed by atoms with Gasteiger partial charge in [-0.1, -0.05) is 42.0 Å². The Kier molecular flexibility index (Phi) is 7.44. The molecule has 2 aliphatic heterocycles. The highest BCUT2D eigenvalue weighted by molar-refractivity contribution is 6.10. The molecule has 0 spiro atoms. The summed E-state index contributed by atoms with van der Waals surface area (Å²) in [7, 11) is 0. The van der Waals surface area contributed by atoms with Crippen LogP contribution in [0.15, 0.2) is 78.9 Å². The molecular weight excluding hydrogens is 532 g/mol. The quantitative estimate of drug-likeness (QED) is 0.305. The van der Waals surface area contributed by atoms with Gasteiger partial charge < -0.3 is 24.3 Å². The summed E-state index contributed by atoms with van der Waals surface area (Å²) in [6.45, 7) is 7.21. The van der Waals surface area contributed by atoms with Gasteiger partial charge in [0, 0.05) is 17.8 Å². The lowest BCUT2D eigenvalue weighted by molar-refractivity contribution is -0.122. The van der Waals surface area contributed by atoms with E-state index in [-0.39, 0.29) is 25.2 Å². The standard InChI is InChI=1S/C34H32N2O6/c1-21-4-7-25(8-5-21)32(33(37)35-19-24-6-10-29-30(17-24)42-20-41-29)36(27-15-22(2)14-23(3)16-27)34(38)26-9-11-28-31(18-26)40-13-12-39-28/h4-11,14-18,32H,12-13,19-20H2,1-3H3,(H,35,37)/t32-/m1/s1. The van der Waals surface area contributed by atoms with E-state index in [1.165, 1.54) is 0 Å². The molecule has 0 unspecified atom stereocenters. The molecule has 1 N–H and O–H groups in total. The summed E-state index contributed by atoms with van der Waals surface area (Å²) in [5, 5.41) is 3.07. The SMILES string of the molecule is Cc1ccc([C@H](C(=O)NCc2ccc3c(c2)OCO3)N(C(=O)c2ccc3c(c2)OCCO3)c2cc(C)cc(C)c2)cc1. The Balaban J connectivity index is 1.41. The smallest absolute Gasteiger partial charge is 0.259 e. The number of fused-ring (bicyclic) bond motifs is 2. The maximum Gasteiger partial charge on any atom is 0.259 e. The number of hydrogen-bond donors (Lipinski definition) is 1. The third-order valence-corrected chi connectivity index (χ3v) is 7.30. The molecule has 1 atom stereocenters. The number of nitrogens with one attached hydrogen (secondary N) is 1. The topological polar surface area (TPSA) is 86.3 Å². The molecule has 0 fully saturated rings. The first-order valence-electron chi connectivity index (χ1n) is 13.9. The number of rotatable bonds is 7. The van der Waals surface area contributed by atoms with E-state index < -0.39 is 6.04 Å². The number of hydrogen-bond acceptors (Lipinski definition) is 6. The zero-order valence-electron chi connectivity index (χ0n) is 23.8. The highest BCUT2D eigenvalue weighted by Gasteiger charge is 2.34. The van der Waals surface area contributed by atoms with Gasteiger partial charge in [0.1, 0.15) is 19.3 Å². The van der Waals surface area contributed by atoms with Crippen molar-refractivity contribution in [3.05, 3.63) is 112 Å². The summed E-state index contributed by atoms with van der Waals surface area (Å²) in [6, 6.07) is 23.3. The molecule has 2 aliphatic rings. The number of carbonyl (C=O) groups is 2. The predicted octanol–water partition coefficient (Wildman–Crippen LogP) is 5.82. The minimum absolute atomic E-state index is 0.174. The van der Waals surface area contributed by atoms with Gasteiger partial charge in [0.15, 0.2) is 23.0 Å². The summed E-state index contributed by atoms with van der Waals surface area (Å²) in [5.74, 6) is 1.76. The van der Waals surface area contributed by atoms with Crippen LogP contribution in [0.4, 0.5) is 5.69 Å². The average molecular weight is 565 g/mol. The van der Waals surface area contributed by atoms with E-state index in [0.717, 1.165) is 22.3 Å². The Hall–Kier alpha value is -4.98. The minimum Gasteiger partial charge on any atom is -0.486 e. The van der Waals surface area contributed by atoms with Crippen LogP contribution in [0.5, 0.6) is 23.0 Å². The number of aryl methyl sites for hydroxylation is 3. The number of carbonyl (C=O) groups excluding carboxylic acids is 2. The number of amides is 2. The van der Waals surface area contributed by atoms with Crippen molar-refractivity contribution in [1.82, 2.24) is 5.32 Å². The average Bonchev–Trinajstić information content (AvgIpc) is 3.46. The van der Waals surface area contributed by atoms with Crippen LogP contribution in [-0.4, -0.2) is 31.8 Å². The third-order valence-electron chi connectivity index (χ3n) is 7.30. The Morgan fingerprint density at radius 3 is 2.12 bits per heavy atom. The number of anilines is 1. The molecule has 0 aromatic heterocycles. The van der Waals surface area contributed by atoms with Gasteiger partial charge in [-0.3, -0.25) is 14.5 Å². The van der Waals surface area contributed by atoms with Crippen molar-refractivity contribution in [1.29, 1.82) is 0 Å². The molecule has 0 aliphatic carbocycles. The predicted molar refractivity (Wildman–Crippen MR) is 158 cm³/mol. The van der Waals surface area contributed by atoms with Crippen LogP contribution in [0.25, 0.3) is 0 Å². The first-order valence-corrected chi connectivity index (χ1v) is 13.9. The van der Waals surface area contributed by atoms with Gasteiger partial charge >= 0.3 is 0 Å². The highest BCUT2D eigenvalue weighted by atomic mass is 16.7. The molecular formula is C34H32N2O6. The fourth-order valence-electron chi connectivity index (χ4n) is 5.29. The molecule has 214 valence electrons. The molecule has 0 radical (unpaired) electrons. The van der Waals surface area contributed by atoms with Crippen LogP contribution >= 0.6 is 0 Å². The van der Waals surface area contributed by atoms with E-state index in [4.69, 9.17) is 18.9 Å². The maximum atomic E-state index is 14.5. The van der Waals surface area contributed by atoms with E-state index in [9.17, 15) is 9.59 Å². The van der Waals surface area contributed by atoms with Gasteiger partial charge in [-0.15, -0.1) is 0 Å². The molecule has 0 saturated heterocycles. The minimum atomic E-state index is -0.957. The Morgan fingerprint density at radius 2 is 1.36 bits per heavy atom. The molecule has 2 amide bonds. The molecule has 8 nitrogen and oxygen atoms in total. The van der Waals surface area contributed by atoms with Crippen LogP contribution in [0, 0.1) is 20.8 Å². The van der Waals surface area contributed by atoms with Gasteiger partial charge in [-0.2, -0.15) is 0 Å². The normalized spacial score (nSPS) is 13.8. The fourth-order valence-corrected chi connectivity index (χ4v) is 5.29. The van der Waals surface area contributed by atoms with Gasteiger partial charge in [0.05, 0.1) is 0 Å². The van der Waals surface area contributed by atoms with Crippen molar-refractivity contribution < 1.29 is 28.5 Å². The van der Waals surface area contributed by atoms with Crippen molar-refractivity contribution in [2.45, 2.75) is 33.4 Å². The lowest BCUT2D eigenvalue weighted by atomic mass is 9.99. The molecule has 42 heavy (non-hydrogen) atoms. The van der Waals surface area contributed by atoms with Crippen LogP contribution in [0.3, 0.4) is 0 Å². The second-order valence-corrected chi connectivity index (χ2v) is 10.6. The van der Waals surface area contributed by atoms with Crippen molar-refractivity contribution in [3.63, 3.8) is 0 Å². The first kappa shape index (κ1) is 27.2. The number of benzene rings is 4. The van der Waals surface area contributed by atoms with Crippen molar-refractivity contribution >= 4 is 17.5 Å². The molecule has 2 heterocycles. The molecule has 0 bridgehead atoms. The second-order valence-electron chi connectivity index (χ2n) is 10.6. The summed E-state index contributed by atoms with van der Waals surface area (Å²) in [5.41, 5.74) is 5.56. The lowest BCUT2D eigenvalue weighted by Crippen LogP contribution is -2.44. The van der Waals surface area contributed by atoms with E-state index in [1.54, 1.807) is 23.1 Å². The summed E-state index contributed by atoms with van der Waals surface area (Å²) in [6.07, 6.45) is 0. The van der Waals surface area contributed by atoms with E-state index in [0.29, 0.717) is 53.0 Å². The van der Waals surface area contributed by atoms with Gasteiger partial charge in [0.2, 0.25) is 12.7 Å². The van der Waals surface area contributed by atoms with Crippen LogP contribution < -0.4 is 29.2 Å². The van der Waals surface area contributed by atoms with E-state index in [2.05, 4.69) is 5.32 Å². The zero-order chi connectivity index (χ0) is 29.2. The summed E-state index contributed by atoms with van der Waals surface area (Å²) < 4.78 is 22.4. The first-order chi connectivity index (χ1) is 20.4.